The van der Waals surface area contributed by atoms with Gasteiger partial charge in [-0.25, -0.2) is 0 Å². The average molecular weight is 219 g/mol. The van der Waals surface area contributed by atoms with Gasteiger partial charge in [0.1, 0.15) is 0 Å². The Morgan fingerprint density at radius 2 is 1.80 bits per heavy atom. The van der Waals surface area contributed by atoms with Crippen LogP contribution in [0.1, 0.15) is 27.2 Å². The number of rotatable bonds is 3. The summed E-state index contributed by atoms with van der Waals surface area (Å²) >= 11 is 0. The zero-order valence-corrected chi connectivity index (χ0v) is 10.4. The van der Waals surface area contributed by atoms with Crippen molar-refractivity contribution in [2.24, 2.45) is 0 Å². The Hall–Kier alpha value is 0.804. The molecular weight excluding hydrogens is 201 g/mol. The third-order valence-corrected chi connectivity index (χ3v) is 0.733. The van der Waals surface area contributed by atoms with Crippen molar-refractivity contribution >= 4 is 0 Å². The molecule has 2 heteroatoms. The van der Waals surface area contributed by atoms with Crippen LogP contribution in [0.2, 0.25) is 0 Å². The van der Waals surface area contributed by atoms with Gasteiger partial charge in [0.05, 0.1) is 0 Å². The number of hydrogen-bond acceptors (Lipinski definition) is 1. The molecule has 0 amide bonds. The van der Waals surface area contributed by atoms with E-state index in [1.165, 1.54) is 5.57 Å². The summed E-state index contributed by atoms with van der Waals surface area (Å²) in [4.78, 5) is 0. The summed E-state index contributed by atoms with van der Waals surface area (Å²) < 4.78 is 4.79. The van der Waals surface area contributed by atoms with Crippen LogP contribution in [0.4, 0.5) is 0 Å². The van der Waals surface area contributed by atoms with Crippen molar-refractivity contribution in [3.63, 3.8) is 0 Å². The van der Waals surface area contributed by atoms with Crippen LogP contribution in [0.25, 0.3) is 0 Å². The average Bonchev–Trinajstić information content (AvgIpc) is 1.88. The van der Waals surface area contributed by atoms with Gasteiger partial charge in [0.15, 0.2) is 0 Å². The van der Waals surface area contributed by atoms with Gasteiger partial charge in [-0.2, -0.15) is 0 Å². The third-order valence-electron chi connectivity index (χ3n) is 0.733. The topological polar surface area (TPSA) is 9.23 Å². The van der Waals surface area contributed by atoms with Crippen molar-refractivity contribution in [1.29, 1.82) is 0 Å². The van der Waals surface area contributed by atoms with Gasteiger partial charge in [-0.15, -0.1) is 6.58 Å². The van der Waals surface area contributed by atoms with Gasteiger partial charge in [-0.3, -0.25) is 0 Å². The fourth-order valence-corrected chi connectivity index (χ4v) is 0.276. The molecule has 0 rings (SSSR count). The number of ether oxygens (including phenoxy) is 1. The molecule has 0 spiro atoms. The Morgan fingerprint density at radius 3 is 1.90 bits per heavy atom. The van der Waals surface area contributed by atoms with Crippen molar-refractivity contribution in [2.75, 3.05) is 13.7 Å². The molecule has 10 heavy (non-hydrogen) atoms. The molecule has 0 aromatic rings. The molecule has 0 atom stereocenters. The molecule has 0 bridgehead atoms. The van der Waals surface area contributed by atoms with Crippen molar-refractivity contribution in [3.05, 3.63) is 12.2 Å². The van der Waals surface area contributed by atoms with E-state index in [2.05, 4.69) is 6.58 Å². The van der Waals surface area contributed by atoms with E-state index >= 15 is 0 Å². The first kappa shape index (κ1) is 17.1. The summed E-state index contributed by atoms with van der Waals surface area (Å²) in [5, 5.41) is 0. The molecule has 0 aromatic carbocycles. The molecule has 0 N–H and O–H groups in total. The maximum absolute atomic E-state index is 4.79. The molecule has 0 aliphatic rings. The van der Waals surface area contributed by atoms with Gasteiger partial charge < -0.3 is 4.74 Å². The van der Waals surface area contributed by atoms with E-state index in [0.717, 1.165) is 13.0 Å². The standard InChI is InChI=1S/C6H12O.C2H6.Y/c1-6(2)4-5-7-3;1-2;/h1,4-5H2,2-3H3;1-2H3;. The van der Waals surface area contributed by atoms with Crippen LogP contribution in [0, 0.1) is 0 Å². The smallest absolute Gasteiger partial charge is 0.0499 e. The van der Waals surface area contributed by atoms with E-state index in [-0.39, 0.29) is 32.7 Å². The summed E-state index contributed by atoms with van der Waals surface area (Å²) in [5.74, 6) is 0. The molecule has 0 saturated heterocycles. The fraction of sp³-hybridized carbons (Fsp3) is 0.750. The van der Waals surface area contributed by atoms with Crippen LogP contribution < -0.4 is 0 Å². The SMILES string of the molecule is C=C(C)CCOC.CC.[Y]. The molecule has 0 fully saturated rings. The maximum Gasteiger partial charge on any atom is 0.0499 e. The van der Waals surface area contributed by atoms with Crippen LogP contribution in [-0.4, -0.2) is 13.7 Å². The van der Waals surface area contributed by atoms with Gasteiger partial charge in [-0.1, -0.05) is 19.4 Å². The van der Waals surface area contributed by atoms with E-state index in [9.17, 15) is 0 Å². The second kappa shape index (κ2) is 16.4. The molecule has 0 aromatic heterocycles. The van der Waals surface area contributed by atoms with Crippen molar-refractivity contribution < 1.29 is 37.4 Å². The molecule has 1 nitrogen and oxygen atoms in total. The molecule has 0 aliphatic carbocycles. The van der Waals surface area contributed by atoms with E-state index < -0.39 is 0 Å². The Bertz CT molecular complexity index is 62.3. The first-order chi connectivity index (χ1) is 4.27. The summed E-state index contributed by atoms with van der Waals surface area (Å²) in [6.07, 6.45) is 0.983. The van der Waals surface area contributed by atoms with Crippen LogP contribution in [0.3, 0.4) is 0 Å². The second-order valence-electron chi connectivity index (χ2n) is 1.70. The van der Waals surface area contributed by atoms with Crippen LogP contribution in [0.15, 0.2) is 12.2 Å². The molecular formula is C8H18OY. The molecule has 0 saturated carbocycles. The van der Waals surface area contributed by atoms with Gasteiger partial charge in [0, 0.05) is 46.4 Å². The first-order valence-electron chi connectivity index (χ1n) is 3.40. The summed E-state index contributed by atoms with van der Waals surface area (Å²) in [6.45, 7) is 10.5. The van der Waals surface area contributed by atoms with E-state index in [1.54, 1.807) is 7.11 Å². The summed E-state index contributed by atoms with van der Waals surface area (Å²) in [6, 6.07) is 0. The Labute approximate surface area is 90.1 Å². The quantitative estimate of drug-likeness (QED) is 0.663. The normalized spacial score (nSPS) is 6.80. The van der Waals surface area contributed by atoms with Crippen molar-refractivity contribution in [3.8, 4) is 0 Å². The molecule has 0 heterocycles. The Morgan fingerprint density at radius 1 is 1.40 bits per heavy atom. The van der Waals surface area contributed by atoms with Gasteiger partial charge in [-0.05, 0) is 13.3 Å². The van der Waals surface area contributed by atoms with Crippen molar-refractivity contribution in [2.45, 2.75) is 27.2 Å². The van der Waals surface area contributed by atoms with Gasteiger partial charge >= 0.3 is 0 Å². The molecule has 0 aliphatic heterocycles. The second-order valence-corrected chi connectivity index (χ2v) is 1.70. The zero-order valence-electron chi connectivity index (χ0n) is 7.61. The van der Waals surface area contributed by atoms with Crippen LogP contribution in [-0.2, 0) is 37.4 Å². The third kappa shape index (κ3) is 23.2. The largest absolute Gasteiger partial charge is 0.384 e. The van der Waals surface area contributed by atoms with E-state index in [0.29, 0.717) is 0 Å². The maximum atomic E-state index is 4.79. The van der Waals surface area contributed by atoms with E-state index in [1.807, 2.05) is 20.8 Å². The molecule has 0 unspecified atom stereocenters. The van der Waals surface area contributed by atoms with Gasteiger partial charge in [0.25, 0.3) is 0 Å². The first-order valence-corrected chi connectivity index (χ1v) is 3.40. The summed E-state index contributed by atoms with van der Waals surface area (Å²) in [7, 11) is 1.70. The summed E-state index contributed by atoms with van der Waals surface area (Å²) in [5.41, 5.74) is 1.18. The van der Waals surface area contributed by atoms with E-state index in [4.69, 9.17) is 4.74 Å². The minimum absolute atomic E-state index is 0. The fourth-order valence-electron chi connectivity index (χ4n) is 0.276. The Balaban J connectivity index is -0.000000149. The monoisotopic (exact) mass is 219 g/mol. The number of hydrogen-bond donors (Lipinski definition) is 0. The number of methoxy groups -OCH3 is 1. The Kier molecular flexibility index (Phi) is 28.0. The predicted octanol–water partition coefficient (Wildman–Crippen LogP) is 2.62. The minimum Gasteiger partial charge on any atom is -0.384 e. The van der Waals surface area contributed by atoms with Crippen LogP contribution >= 0.6 is 0 Å². The predicted molar refractivity (Wildman–Crippen MR) is 42.7 cm³/mol. The molecule has 1 radical (unpaired) electrons. The van der Waals surface area contributed by atoms with Crippen molar-refractivity contribution in [1.82, 2.24) is 0 Å². The van der Waals surface area contributed by atoms with Crippen LogP contribution in [0.5, 0.6) is 0 Å². The zero-order chi connectivity index (χ0) is 7.70. The van der Waals surface area contributed by atoms with Gasteiger partial charge in [0.2, 0.25) is 0 Å². The minimum atomic E-state index is 0. The molecule has 59 valence electrons.